The maximum atomic E-state index is 13.2. The molecule has 3 rings (SSSR count). The molecule has 1 aromatic rings. The number of nitrogens with one attached hydrogen (secondary N) is 2. The topological polar surface area (TPSA) is 33.3 Å². The van der Waals surface area contributed by atoms with Crippen molar-refractivity contribution in [3.8, 4) is 0 Å². The Labute approximate surface area is 124 Å². The SMILES string of the molecule is Fc1ccc(CNC2CCCC2C2COCCN2)cc1F. The van der Waals surface area contributed by atoms with E-state index in [-0.39, 0.29) is 0 Å². The molecule has 21 heavy (non-hydrogen) atoms. The highest BCUT2D eigenvalue weighted by atomic mass is 19.2. The molecule has 3 nitrogen and oxygen atoms in total. The first-order valence-corrected chi connectivity index (χ1v) is 7.72. The molecule has 1 aliphatic carbocycles. The average molecular weight is 296 g/mol. The lowest BCUT2D eigenvalue weighted by atomic mass is 9.94. The van der Waals surface area contributed by atoms with Crippen LogP contribution in [0.4, 0.5) is 8.78 Å². The number of benzene rings is 1. The molecule has 1 aromatic carbocycles. The van der Waals surface area contributed by atoms with Crippen LogP contribution in [0.5, 0.6) is 0 Å². The van der Waals surface area contributed by atoms with Crippen molar-refractivity contribution in [2.24, 2.45) is 5.92 Å². The molecule has 0 amide bonds. The maximum Gasteiger partial charge on any atom is 0.159 e. The zero-order chi connectivity index (χ0) is 14.7. The molecule has 1 saturated carbocycles. The number of halogens is 2. The molecule has 1 heterocycles. The van der Waals surface area contributed by atoms with Crippen LogP contribution in [-0.2, 0) is 11.3 Å². The van der Waals surface area contributed by atoms with E-state index in [2.05, 4.69) is 10.6 Å². The third-order valence-electron chi connectivity index (χ3n) is 4.59. The predicted octanol–water partition coefficient (Wildman–Crippen LogP) is 2.21. The van der Waals surface area contributed by atoms with Gasteiger partial charge in [0.2, 0.25) is 0 Å². The van der Waals surface area contributed by atoms with E-state index in [0.29, 0.717) is 24.5 Å². The highest BCUT2D eigenvalue weighted by Gasteiger charge is 2.34. The largest absolute Gasteiger partial charge is 0.379 e. The summed E-state index contributed by atoms with van der Waals surface area (Å²) in [5.41, 5.74) is 0.785. The van der Waals surface area contributed by atoms with Crippen LogP contribution in [0.2, 0.25) is 0 Å². The van der Waals surface area contributed by atoms with Crippen molar-refractivity contribution in [3.63, 3.8) is 0 Å². The Hall–Kier alpha value is -1.04. The monoisotopic (exact) mass is 296 g/mol. The Morgan fingerprint density at radius 2 is 2.14 bits per heavy atom. The molecule has 3 atom stereocenters. The smallest absolute Gasteiger partial charge is 0.159 e. The first kappa shape index (κ1) is 14.9. The van der Waals surface area contributed by atoms with Crippen molar-refractivity contribution in [3.05, 3.63) is 35.4 Å². The van der Waals surface area contributed by atoms with Gasteiger partial charge in [-0.05, 0) is 36.5 Å². The second-order valence-electron chi connectivity index (χ2n) is 5.97. The standard InChI is InChI=1S/C16H22F2N2O/c17-13-5-4-11(8-14(13)18)9-20-15-3-1-2-12(15)16-10-21-7-6-19-16/h4-5,8,12,15-16,19-20H,1-3,6-7,9-10H2. The third-order valence-corrected chi connectivity index (χ3v) is 4.59. The van der Waals surface area contributed by atoms with Gasteiger partial charge in [0.25, 0.3) is 0 Å². The molecule has 0 spiro atoms. The first-order chi connectivity index (χ1) is 10.2. The normalized spacial score (nSPS) is 29.7. The van der Waals surface area contributed by atoms with Gasteiger partial charge in [-0.1, -0.05) is 12.5 Å². The predicted molar refractivity (Wildman–Crippen MR) is 76.9 cm³/mol. The zero-order valence-electron chi connectivity index (χ0n) is 12.1. The van der Waals surface area contributed by atoms with Gasteiger partial charge < -0.3 is 15.4 Å². The molecular formula is C16H22F2N2O. The van der Waals surface area contributed by atoms with Crippen LogP contribution in [0.1, 0.15) is 24.8 Å². The van der Waals surface area contributed by atoms with Gasteiger partial charge in [-0.2, -0.15) is 0 Å². The van der Waals surface area contributed by atoms with Gasteiger partial charge in [-0.15, -0.1) is 0 Å². The summed E-state index contributed by atoms with van der Waals surface area (Å²) in [6.07, 6.45) is 3.53. The molecule has 116 valence electrons. The Morgan fingerprint density at radius 3 is 2.90 bits per heavy atom. The van der Waals surface area contributed by atoms with Crippen LogP contribution < -0.4 is 10.6 Å². The van der Waals surface area contributed by atoms with Crippen LogP contribution >= 0.6 is 0 Å². The molecule has 2 N–H and O–H groups in total. The van der Waals surface area contributed by atoms with E-state index in [0.717, 1.165) is 31.7 Å². The molecule has 0 aromatic heterocycles. The summed E-state index contributed by atoms with van der Waals surface area (Å²) in [6.45, 7) is 3.05. The van der Waals surface area contributed by atoms with Gasteiger partial charge in [0.1, 0.15) is 0 Å². The van der Waals surface area contributed by atoms with Crippen LogP contribution in [0.25, 0.3) is 0 Å². The summed E-state index contributed by atoms with van der Waals surface area (Å²) in [7, 11) is 0. The molecule has 2 fully saturated rings. The second kappa shape index (κ2) is 6.81. The van der Waals surface area contributed by atoms with Crippen LogP contribution in [0.3, 0.4) is 0 Å². The fourth-order valence-corrected chi connectivity index (χ4v) is 3.48. The van der Waals surface area contributed by atoms with E-state index in [1.165, 1.54) is 25.0 Å². The van der Waals surface area contributed by atoms with Crippen molar-refractivity contribution >= 4 is 0 Å². The molecular weight excluding hydrogens is 274 g/mol. The Balaban J connectivity index is 1.57. The number of rotatable bonds is 4. The van der Waals surface area contributed by atoms with Crippen molar-refractivity contribution in [2.75, 3.05) is 19.8 Å². The minimum atomic E-state index is -0.791. The Bertz CT molecular complexity index is 477. The van der Waals surface area contributed by atoms with Gasteiger partial charge in [-0.25, -0.2) is 8.78 Å². The lowest BCUT2D eigenvalue weighted by Gasteiger charge is -2.33. The summed E-state index contributed by atoms with van der Waals surface area (Å²) < 4.78 is 31.7. The maximum absolute atomic E-state index is 13.2. The van der Waals surface area contributed by atoms with Crippen LogP contribution in [0, 0.1) is 17.6 Å². The molecule has 0 bridgehead atoms. The third kappa shape index (κ3) is 3.59. The molecule has 1 aliphatic heterocycles. The molecule has 5 heteroatoms. The second-order valence-corrected chi connectivity index (χ2v) is 5.97. The number of hydrogen-bond donors (Lipinski definition) is 2. The van der Waals surface area contributed by atoms with Crippen molar-refractivity contribution in [2.45, 2.75) is 37.9 Å². The minimum absolute atomic E-state index is 0.406. The average Bonchev–Trinajstić information content (AvgIpc) is 2.98. The van der Waals surface area contributed by atoms with Crippen LogP contribution in [0.15, 0.2) is 18.2 Å². The van der Waals surface area contributed by atoms with Gasteiger partial charge in [0.15, 0.2) is 11.6 Å². The molecule has 0 radical (unpaired) electrons. The minimum Gasteiger partial charge on any atom is -0.379 e. The van der Waals surface area contributed by atoms with Gasteiger partial charge >= 0.3 is 0 Å². The van der Waals surface area contributed by atoms with Crippen molar-refractivity contribution < 1.29 is 13.5 Å². The van der Waals surface area contributed by atoms with Crippen molar-refractivity contribution in [1.29, 1.82) is 0 Å². The molecule has 3 unspecified atom stereocenters. The number of morpholine rings is 1. The first-order valence-electron chi connectivity index (χ1n) is 7.72. The quantitative estimate of drug-likeness (QED) is 0.894. The lowest BCUT2D eigenvalue weighted by Crippen LogP contribution is -2.50. The fourth-order valence-electron chi connectivity index (χ4n) is 3.48. The molecule has 1 saturated heterocycles. The van der Waals surface area contributed by atoms with E-state index < -0.39 is 11.6 Å². The zero-order valence-corrected chi connectivity index (χ0v) is 12.1. The van der Waals surface area contributed by atoms with Gasteiger partial charge in [-0.3, -0.25) is 0 Å². The Kier molecular flexibility index (Phi) is 4.83. The summed E-state index contributed by atoms with van der Waals surface area (Å²) in [5.74, 6) is -1.02. The summed E-state index contributed by atoms with van der Waals surface area (Å²) in [6, 6.07) is 4.92. The van der Waals surface area contributed by atoms with E-state index in [4.69, 9.17) is 4.74 Å². The number of ether oxygens (including phenoxy) is 1. The number of hydrogen-bond acceptors (Lipinski definition) is 3. The van der Waals surface area contributed by atoms with Gasteiger partial charge in [0.05, 0.1) is 13.2 Å². The Morgan fingerprint density at radius 1 is 1.24 bits per heavy atom. The molecule has 2 aliphatic rings. The van der Waals surface area contributed by atoms with E-state index in [1.807, 2.05) is 0 Å². The van der Waals surface area contributed by atoms with E-state index in [1.54, 1.807) is 6.07 Å². The summed E-state index contributed by atoms with van der Waals surface area (Å²) in [5, 5.41) is 7.04. The van der Waals surface area contributed by atoms with E-state index >= 15 is 0 Å². The highest BCUT2D eigenvalue weighted by molar-refractivity contribution is 5.17. The van der Waals surface area contributed by atoms with Crippen LogP contribution in [-0.4, -0.2) is 31.8 Å². The lowest BCUT2D eigenvalue weighted by molar-refractivity contribution is 0.0524. The highest BCUT2D eigenvalue weighted by Crippen LogP contribution is 2.29. The van der Waals surface area contributed by atoms with Gasteiger partial charge in [0, 0.05) is 25.2 Å². The van der Waals surface area contributed by atoms with E-state index in [9.17, 15) is 8.78 Å². The van der Waals surface area contributed by atoms with Crippen molar-refractivity contribution in [1.82, 2.24) is 10.6 Å². The summed E-state index contributed by atoms with van der Waals surface area (Å²) >= 11 is 0. The summed E-state index contributed by atoms with van der Waals surface area (Å²) in [4.78, 5) is 0. The fraction of sp³-hybridized carbons (Fsp3) is 0.625.